The van der Waals surface area contributed by atoms with E-state index in [2.05, 4.69) is 46.6 Å². The van der Waals surface area contributed by atoms with Gasteiger partial charge in [0, 0.05) is 44.0 Å². The van der Waals surface area contributed by atoms with Crippen molar-refractivity contribution in [3.05, 3.63) is 65.7 Å². The molecule has 0 radical (unpaired) electrons. The fourth-order valence-electron chi connectivity index (χ4n) is 7.01. The molecule has 200 valence electrons. The first-order valence-electron chi connectivity index (χ1n) is 14.4. The highest BCUT2D eigenvalue weighted by molar-refractivity contribution is 5.76. The minimum atomic E-state index is -0.0919. The highest BCUT2D eigenvalue weighted by atomic mass is 16.5. The monoisotopic (exact) mass is 504 g/mol. The van der Waals surface area contributed by atoms with Gasteiger partial charge in [-0.25, -0.2) is 0 Å². The Kier molecular flexibility index (Phi) is 8.51. The molecule has 1 unspecified atom stereocenters. The number of nitrogens with one attached hydrogen (secondary N) is 1. The number of fused-ring (bicyclic) bond motifs is 1. The van der Waals surface area contributed by atoms with Crippen LogP contribution in [0.2, 0.25) is 0 Å². The Labute approximate surface area is 222 Å². The summed E-state index contributed by atoms with van der Waals surface area (Å²) in [5.41, 5.74) is 2.48. The van der Waals surface area contributed by atoms with Gasteiger partial charge in [-0.1, -0.05) is 48.9 Å². The van der Waals surface area contributed by atoms with Gasteiger partial charge in [-0.15, -0.1) is 0 Å². The van der Waals surface area contributed by atoms with E-state index in [9.17, 15) is 9.90 Å². The summed E-state index contributed by atoms with van der Waals surface area (Å²) in [5.74, 6) is 1.72. The van der Waals surface area contributed by atoms with E-state index in [0.29, 0.717) is 18.1 Å². The number of benzene rings is 2. The molecule has 1 aliphatic heterocycles. The third-order valence-corrected chi connectivity index (χ3v) is 9.13. The summed E-state index contributed by atoms with van der Waals surface area (Å²) in [6.45, 7) is 3.31. The van der Waals surface area contributed by atoms with Crippen LogP contribution in [0.1, 0.15) is 68.9 Å². The molecule has 37 heavy (non-hydrogen) atoms. The number of carbonyl (C=O) groups is 1. The third kappa shape index (κ3) is 6.56. The van der Waals surface area contributed by atoms with Crippen molar-refractivity contribution in [1.29, 1.82) is 0 Å². The van der Waals surface area contributed by atoms with E-state index in [4.69, 9.17) is 4.74 Å². The quantitative estimate of drug-likeness (QED) is 0.399. The second kappa shape index (κ2) is 12.0. The number of aromatic hydroxyl groups is 1. The number of hydrogen-bond acceptors (Lipinski definition) is 4. The van der Waals surface area contributed by atoms with Gasteiger partial charge in [-0.2, -0.15) is 0 Å². The van der Waals surface area contributed by atoms with E-state index in [1.54, 1.807) is 6.07 Å². The van der Waals surface area contributed by atoms with E-state index in [1.165, 1.54) is 30.5 Å². The van der Waals surface area contributed by atoms with Crippen molar-refractivity contribution in [3.8, 4) is 5.75 Å². The molecule has 2 aromatic carbocycles. The highest BCUT2D eigenvalue weighted by Crippen LogP contribution is 2.51. The Morgan fingerprint density at radius 2 is 1.95 bits per heavy atom. The van der Waals surface area contributed by atoms with Gasteiger partial charge >= 0.3 is 0 Å². The van der Waals surface area contributed by atoms with Crippen molar-refractivity contribution in [1.82, 2.24) is 10.2 Å². The average Bonchev–Trinajstić information content (AvgIpc) is 3.73. The molecule has 5 heteroatoms. The molecule has 3 aliphatic rings. The van der Waals surface area contributed by atoms with Crippen LogP contribution in [0.15, 0.2) is 54.6 Å². The second-order valence-electron chi connectivity index (χ2n) is 11.8. The number of hydrogen-bond donors (Lipinski definition) is 2. The Hall–Kier alpha value is -2.37. The molecular formula is C32H44N2O3. The zero-order chi connectivity index (χ0) is 25.7. The summed E-state index contributed by atoms with van der Waals surface area (Å²) in [5, 5.41) is 13.7. The lowest BCUT2D eigenvalue weighted by Crippen LogP contribution is -2.61. The average molecular weight is 505 g/mol. The molecular weight excluding hydrogens is 460 g/mol. The van der Waals surface area contributed by atoms with Crippen LogP contribution in [0.25, 0.3) is 0 Å². The molecule has 0 bridgehead atoms. The molecule has 0 spiro atoms. The van der Waals surface area contributed by atoms with E-state index < -0.39 is 0 Å². The van der Waals surface area contributed by atoms with E-state index in [0.717, 1.165) is 64.0 Å². The summed E-state index contributed by atoms with van der Waals surface area (Å²) in [7, 11) is 1.83. The molecule has 3 fully saturated rings. The van der Waals surface area contributed by atoms with Crippen LogP contribution in [0, 0.1) is 11.8 Å². The molecule has 1 heterocycles. The lowest BCUT2D eigenvalue weighted by molar-refractivity contribution is -0.124. The number of amides is 1. The number of phenolic OH excluding ortho intramolecular Hbond substituents is 1. The van der Waals surface area contributed by atoms with Crippen LogP contribution >= 0.6 is 0 Å². The van der Waals surface area contributed by atoms with Gasteiger partial charge < -0.3 is 20.1 Å². The first-order valence-corrected chi connectivity index (χ1v) is 14.4. The van der Waals surface area contributed by atoms with Crippen molar-refractivity contribution in [2.45, 2.75) is 81.8 Å². The second-order valence-corrected chi connectivity index (χ2v) is 11.8. The van der Waals surface area contributed by atoms with E-state index in [1.807, 2.05) is 19.2 Å². The van der Waals surface area contributed by atoms with E-state index in [-0.39, 0.29) is 23.5 Å². The fourth-order valence-corrected chi connectivity index (χ4v) is 7.01. The van der Waals surface area contributed by atoms with Crippen LogP contribution < -0.4 is 5.32 Å². The van der Waals surface area contributed by atoms with Crippen LogP contribution in [0.4, 0.5) is 0 Å². The van der Waals surface area contributed by atoms with Crippen LogP contribution in [0.3, 0.4) is 0 Å². The van der Waals surface area contributed by atoms with Crippen molar-refractivity contribution in [2.24, 2.45) is 11.8 Å². The summed E-state index contributed by atoms with van der Waals surface area (Å²) in [6.07, 6.45) is 10.4. The summed E-state index contributed by atoms with van der Waals surface area (Å²) >= 11 is 0. The number of rotatable bonds is 11. The minimum Gasteiger partial charge on any atom is -0.508 e. The summed E-state index contributed by atoms with van der Waals surface area (Å²) in [6, 6.07) is 18.5. The van der Waals surface area contributed by atoms with Crippen LogP contribution in [0.5, 0.6) is 5.75 Å². The molecule has 2 saturated carbocycles. The number of methoxy groups -OCH3 is 1. The first kappa shape index (κ1) is 26.2. The smallest absolute Gasteiger partial charge is 0.220 e. The first-order chi connectivity index (χ1) is 18.1. The predicted molar refractivity (Wildman–Crippen MR) is 148 cm³/mol. The van der Waals surface area contributed by atoms with Crippen molar-refractivity contribution >= 4 is 5.91 Å². The molecule has 5 rings (SSSR count). The lowest BCUT2D eigenvalue weighted by Gasteiger charge is -2.55. The van der Waals surface area contributed by atoms with Crippen LogP contribution in [-0.4, -0.2) is 54.8 Å². The summed E-state index contributed by atoms with van der Waals surface area (Å²) in [4.78, 5) is 15.6. The normalized spacial score (nSPS) is 28.0. The maximum absolute atomic E-state index is 13.0. The lowest BCUT2D eigenvalue weighted by atomic mass is 9.57. The third-order valence-electron chi connectivity index (χ3n) is 9.13. The largest absolute Gasteiger partial charge is 0.508 e. The zero-order valence-electron chi connectivity index (χ0n) is 22.4. The van der Waals surface area contributed by atoms with E-state index >= 15 is 0 Å². The predicted octanol–water partition coefficient (Wildman–Crippen LogP) is 5.46. The molecule has 5 nitrogen and oxygen atoms in total. The highest BCUT2D eigenvalue weighted by Gasteiger charge is 2.53. The molecule has 2 N–H and O–H groups in total. The standard InChI is InChI=1S/C32H44N2O3/c1-37-30-20-27(33-31(36)14-7-3-6-11-24-9-4-2-5-10-24)21-32(26-12-8-13-28(35)19-26)17-18-34(23-29(30)32)22-25-15-16-25/h2,4-5,8-10,12-13,19,25,27,29-30,35H,3,6-7,11,14-18,20-23H2,1H3,(H,33,36)/t27-,29+,30?,32+/m1/s1. The fraction of sp³-hybridized carbons (Fsp3) is 0.594. The van der Waals surface area contributed by atoms with Crippen molar-refractivity contribution in [3.63, 3.8) is 0 Å². The molecule has 4 atom stereocenters. The van der Waals surface area contributed by atoms with Crippen LogP contribution in [-0.2, 0) is 21.4 Å². The number of likely N-dealkylation sites (tertiary alicyclic amines) is 1. The number of ether oxygens (including phenoxy) is 1. The maximum Gasteiger partial charge on any atom is 0.220 e. The summed E-state index contributed by atoms with van der Waals surface area (Å²) < 4.78 is 6.13. The Morgan fingerprint density at radius 3 is 2.70 bits per heavy atom. The van der Waals surface area contributed by atoms with Crippen molar-refractivity contribution in [2.75, 3.05) is 26.7 Å². The van der Waals surface area contributed by atoms with Gasteiger partial charge in [0.15, 0.2) is 0 Å². The van der Waals surface area contributed by atoms with Gasteiger partial charge in [0.2, 0.25) is 5.91 Å². The Balaban J connectivity index is 1.21. The topological polar surface area (TPSA) is 61.8 Å². The maximum atomic E-state index is 13.0. The minimum absolute atomic E-state index is 0.0919. The molecule has 2 aromatic rings. The Bertz CT molecular complexity index is 1020. The number of unbranched alkanes of at least 4 members (excludes halogenated alkanes) is 2. The van der Waals surface area contributed by atoms with Gasteiger partial charge in [-0.3, -0.25) is 4.79 Å². The number of aryl methyl sites for hydroxylation is 1. The molecule has 0 aromatic heterocycles. The molecule has 1 saturated heterocycles. The SMILES string of the molecule is COC1C[C@@H](NC(=O)CCCCCc2ccccc2)C[C@]2(c3cccc(O)c3)CCN(CC3CC3)C[C@@H]12. The zero-order valence-corrected chi connectivity index (χ0v) is 22.4. The van der Waals surface area contributed by atoms with Gasteiger partial charge in [0.05, 0.1) is 6.10 Å². The van der Waals surface area contributed by atoms with Crippen molar-refractivity contribution < 1.29 is 14.6 Å². The van der Waals surface area contributed by atoms with Gasteiger partial charge in [0.25, 0.3) is 0 Å². The van der Waals surface area contributed by atoms with Gasteiger partial charge in [0.1, 0.15) is 5.75 Å². The number of nitrogens with zero attached hydrogens (tertiary/aromatic N) is 1. The number of piperidine rings is 1. The molecule has 1 amide bonds. The molecule has 2 aliphatic carbocycles. The Morgan fingerprint density at radius 1 is 1.11 bits per heavy atom. The van der Waals surface area contributed by atoms with Gasteiger partial charge in [-0.05, 0) is 87.1 Å². The number of carbonyl (C=O) groups excluding carboxylic acids is 1. The number of phenols is 1.